The van der Waals surface area contributed by atoms with Crippen LogP contribution in [-0.4, -0.2) is 39.4 Å². The van der Waals surface area contributed by atoms with Crippen molar-refractivity contribution in [2.45, 2.75) is 23.8 Å². The van der Waals surface area contributed by atoms with E-state index in [1.54, 1.807) is 18.2 Å². The Balaban J connectivity index is 1.79. The van der Waals surface area contributed by atoms with Crippen molar-refractivity contribution in [2.75, 3.05) is 13.1 Å². The van der Waals surface area contributed by atoms with E-state index in [2.05, 4.69) is 31.3 Å². The maximum absolute atomic E-state index is 12.0. The third-order valence-corrected chi connectivity index (χ3v) is 5.35. The molecule has 1 saturated carbocycles. The first-order valence-electron chi connectivity index (χ1n) is 6.69. The normalized spacial score (nSPS) is 14.4. The van der Waals surface area contributed by atoms with Gasteiger partial charge in [0.05, 0.1) is 18.0 Å². The Morgan fingerprint density at radius 2 is 1.82 bits per heavy atom. The molecule has 0 bridgehead atoms. The number of sulfonamides is 1. The van der Waals surface area contributed by atoms with Crippen LogP contribution in [0.4, 0.5) is 0 Å². The number of rotatable bonds is 7. The van der Waals surface area contributed by atoms with Crippen LogP contribution in [-0.2, 0) is 19.6 Å². The number of amides is 2. The molecule has 0 spiro atoms. The first-order valence-corrected chi connectivity index (χ1v) is 8.96. The van der Waals surface area contributed by atoms with Crippen molar-refractivity contribution in [1.29, 1.82) is 0 Å². The highest BCUT2D eigenvalue weighted by molar-refractivity contribution is 9.10. The predicted octanol–water partition coefficient (Wildman–Crippen LogP) is 0.122. The van der Waals surface area contributed by atoms with Gasteiger partial charge in [0.1, 0.15) is 0 Å². The number of carbonyl (C=O) groups is 2. The zero-order chi connectivity index (χ0) is 16.2. The van der Waals surface area contributed by atoms with E-state index in [0.29, 0.717) is 4.47 Å². The van der Waals surface area contributed by atoms with E-state index in [-0.39, 0.29) is 23.4 Å². The van der Waals surface area contributed by atoms with E-state index in [0.717, 1.165) is 12.8 Å². The first-order chi connectivity index (χ1) is 10.4. The summed E-state index contributed by atoms with van der Waals surface area (Å²) >= 11 is 3.15. The van der Waals surface area contributed by atoms with Gasteiger partial charge in [-0.2, -0.15) is 0 Å². The van der Waals surface area contributed by atoms with Crippen molar-refractivity contribution in [3.63, 3.8) is 0 Å². The molecule has 0 radical (unpaired) electrons. The molecule has 1 aromatic rings. The van der Waals surface area contributed by atoms with E-state index >= 15 is 0 Å². The molecule has 0 saturated heterocycles. The number of halogens is 1. The minimum absolute atomic E-state index is 0.0503. The molecule has 120 valence electrons. The van der Waals surface area contributed by atoms with Crippen LogP contribution < -0.4 is 15.4 Å². The third-order valence-electron chi connectivity index (χ3n) is 2.94. The van der Waals surface area contributed by atoms with Crippen molar-refractivity contribution in [3.05, 3.63) is 28.7 Å². The summed E-state index contributed by atoms with van der Waals surface area (Å²) in [6, 6.07) is 6.51. The minimum atomic E-state index is -3.79. The molecule has 22 heavy (non-hydrogen) atoms. The van der Waals surface area contributed by atoms with Crippen molar-refractivity contribution < 1.29 is 18.0 Å². The predicted molar refractivity (Wildman–Crippen MR) is 83.5 cm³/mol. The van der Waals surface area contributed by atoms with Crippen molar-refractivity contribution in [2.24, 2.45) is 0 Å². The fourth-order valence-corrected chi connectivity index (χ4v) is 3.63. The van der Waals surface area contributed by atoms with Gasteiger partial charge in [-0.15, -0.1) is 0 Å². The number of hydrogen-bond acceptors (Lipinski definition) is 4. The molecule has 0 heterocycles. The van der Waals surface area contributed by atoms with Crippen LogP contribution in [0.1, 0.15) is 12.8 Å². The van der Waals surface area contributed by atoms with Gasteiger partial charge >= 0.3 is 0 Å². The maximum Gasteiger partial charge on any atom is 0.242 e. The lowest BCUT2D eigenvalue weighted by Gasteiger charge is -2.09. The largest absolute Gasteiger partial charge is 0.352 e. The van der Waals surface area contributed by atoms with E-state index in [1.165, 1.54) is 6.07 Å². The van der Waals surface area contributed by atoms with Gasteiger partial charge in [-0.1, -0.05) is 12.1 Å². The van der Waals surface area contributed by atoms with Crippen LogP contribution in [0, 0.1) is 0 Å². The van der Waals surface area contributed by atoms with Crippen molar-refractivity contribution >= 4 is 37.8 Å². The summed E-state index contributed by atoms with van der Waals surface area (Å²) in [5.41, 5.74) is 0. The first kappa shape index (κ1) is 16.9. The highest BCUT2D eigenvalue weighted by Crippen LogP contribution is 2.20. The molecular formula is C13H16BrN3O4S. The Labute approximate surface area is 137 Å². The number of carbonyl (C=O) groups excluding carboxylic acids is 2. The van der Waals surface area contributed by atoms with Crippen LogP contribution in [0.15, 0.2) is 33.6 Å². The fourth-order valence-electron chi connectivity index (χ4n) is 1.65. The van der Waals surface area contributed by atoms with Crippen LogP contribution in [0.25, 0.3) is 0 Å². The molecule has 1 fully saturated rings. The second-order valence-corrected chi connectivity index (χ2v) is 7.46. The standard InChI is InChI=1S/C13H16BrN3O4S/c14-10-3-1-2-4-11(10)22(20,21)16-8-12(18)15-7-13(19)17-9-5-6-9/h1-4,9,16H,5-8H2,(H,15,18)(H,17,19). The summed E-state index contributed by atoms with van der Waals surface area (Å²) in [5.74, 6) is -0.842. The minimum Gasteiger partial charge on any atom is -0.352 e. The SMILES string of the molecule is O=C(CNS(=O)(=O)c1ccccc1Br)NCC(=O)NC1CC1. The average molecular weight is 390 g/mol. The fraction of sp³-hybridized carbons (Fsp3) is 0.385. The van der Waals surface area contributed by atoms with E-state index in [9.17, 15) is 18.0 Å². The molecule has 7 nitrogen and oxygen atoms in total. The summed E-state index contributed by atoms with van der Waals surface area (Å²) in [4.78, 5) is 23.0. The zero-order valence-electron chi connectivity index (χ0n) is 11.6. The van der Waals surface area contributed by atoms with Crippen LogP contribution in [0.2, 0.25) is 0 Å². The third kappa shape index (κ3) is 5.08. The molecule has 2 amide bonds. The highest BCUT2D eigenvalue weighted by atomic mass is 79.9. The van der Waals surface area contributed by atoms with Crippen LogP contribution in [0.3, 0.4) is 0 Å². The van der Waals surface area contributed by atoms with Crippen molar-refractivity contribution in [3.8, 4) is 0 Å². The quantitative estimate of drug-likeness (QED) is 0.615. The summed E-state index contributed by atoms with van der Waals surface area (Å²) in [5, 5.41) is 5.08. The lowest BCUT2D eigenvalue weighted by Crippen LogP contribution is -2.42. The van der Waals surface area contributed by atoms with Gasteiger partial charge < -0.3 is 10.6 Å². The summed E-state index contributed by atoms with van der Waals surface area (Å²) < 4.78 is 26.7. The average Bonchev–Trinajstić information content (AvgIpc) is 3.27. The van der Waals surface area contributed by atoms with E-state index in [1.807, 2.05) is 0 Å². The van der Waals surface area contributed by atoms with Gasteiger partial charge in [0.15, 0.2) is 0 Å². The smallest absolute Gasteiger partial charge is 0.242 e. The molecule has 1 aliphatic rings. The van der Waals surface area contributed by atoms with Crippen LogP contribution in [0.5, 0.6) is 0 Å². The second kappa shape index (κ2) is 7.21. The molecule has 0 unspecified atom stereocenters. The van der Waals surface area contributed by atoms with Crippen molar-refractivity contribution in [1.82, 2.24) is 15.4 Å². The Morgan fingerprint density at radius 1 is 1.14 bits per heavy atom. The van der Waals surface area contributed by atoms with Gasteiger partial charge in [-0.25, -0.2) is 13.1 Å². The second-order valence-electron chi connectivity index (χ2n) is 4.87. The topological polar surface area (TPSA) is 104 Å². The molecular weight excluding hydrogens is 374 g/mol. The zero-order valence-corrected chi connectivity index (χ0v) is 14.0. The molecule has 3 N–H and O–H groups in total. The van der Waals surface area contributed by atoms with Gasteiger partial charge in [0.2, 0.25) is 21.8 Å². The van der Waals surface area contributed by atoms with Gasteiger partial charge in [0, 0.05) is 10.5 Å². The van der Waals surface area contributed by atoms with Gasteiger partial charge in [-0.3, -0.25) is 9.59 Å². The Bertz CT molecular complexity index is 674. The molecule has 9 heteroatoms. The molecule has 0 aromatic heterocycles. The Hall–Kier alpha value is -1.45. The van der Waals surface area contributed by atoms with E-state index < -0.39 is 22.5 Å². The number of hydrogen-bond donors (Lipinski definition) is 3. The summed E-state index contributed by atoms with van der Waals surface area (Å²) in [6.45, 7) is -0.591. The molecule has 0 atom stereocenters. The Morgan fingerprint density at radius 3 is 2.45 bits per heavy atom. The van der Waals surface area contributed by atoms with Gasteiger partial charge in [0.25, 0.3) is 0 Å². The molecule has 1 aliphatic carbocycles. The molecule has 2 rings (SSSR count). The lowest BCUT2D eigenvalue weighted by molar-refractivity contribution is -0.125. The monoisotopic (exact) mass is 389 g/mol. The summed E-state index contributed by atoms with van der Waals surface area (Å²) in [6.07, 6.45) is 1.93. The maximum atomic E-state index is 12.0. The number of benzene rings is 1. The molecule has 0 aliphatic heterocycles. The van der Waals surface area contributed by atoms with Gasteiger partial charge in [-0.05, 0) is 40.9 Å². The Kier molecular flexibility index (Phi) is 5.54. The van der Waals surface area contributed by atoms with Crippen LogP contribution >= 0.6 is 15.9 Å². The van der Waals surface area contributed by atoms with E-state index in [4.69, 9.17) is 0 Å². The molecule has 1 aromatic carbocycles. The highest BCUT2D eigenvalue weighted by Gasteiger charge is 2.23. The lowest BCUT2D eigenvalue weighted by atomic mass is 10.4. The number of nitrogens with one attached hydrogen (secondary N) is 3. The summed E-state index contributed by atoms with van der Waals surface area (Å²) in [7, 11) is -3.79.